The summed E-state index contributed by atoms with van der Waals surface area (Å²) in [5, 5.41) is 5.08. The van der Waals surface area contributed by atoms with Crippen LogP contribution in [0.1, 0.15) is 42.5 Å². The first-order chi connectivity index (χ1) is 14.7. The SMILES string of the molecule is [C-]#[N+]c1ccc2ncc(-c3noc4cc(C(=O)N5C6CCCC5CC6)ccc34)n2c1. The Morgan fingerprint density at radius 1 is 1.13 bits per heavy atom. The summed E-state index contributed by atoms with van der Waals surface area (Å²) in [5.41, 5.74) is 3.90. The molecular formula is C23H19N5O2. The van der Waals surface area contributed by atoms with E-state index < -0.39 is 0 Å². The number of benzene rings is 1. The summed E-state index contributed by atoms with van der Waals surface area (Å²) in [6.45, 7) is 7.25. The fourth-order valence-electron chi connectivity index (χ4n) is 5.06. The van der Waals surface area contributed by atoms with Gasteiger partial charge in [0.05, 0.1) is 23.8 Å². The number of hydrogen-bond donors (Lipinski definition) is 0. The van der Waals surface area contributed by atoms with Crippen LogP contribution < -0.4 is 0 Å². The second-order valence-electron chi connectivity index (χ2n) is 8.14. The van der Waals surface area contributed by atoms with Crippen LogP contribution in [0.25, 0.3) is 32.8 Å². The zero-order valence-electron chi connectivity index (χ0n) is 16.3. The minimum Gasteiger partial charge on any atom is -0.356 e. The molecule has 2 aliphatic rings. The maximum Gasteiger partial charge on any atom is 0.254 e. The summed E-state index contributed by atoms with van der Waals surface area (Å²) >= 11 is 0. The molecule has 0 radical (unpaired) electrons. The minimum absolute atomic E-state index is 0.0959. The van der Waals surface area contributed by atoms with Crippen LogP contribution in [0.15, 0.2) is 47.2 Å². The van der Waals surface area contributed by atoms with Crippen LogP contribution in [-0.2, 0) is 0 Å². The molecule has 1 amide bonds. The third-order valence-corrected chi connectivity index (χ3v) is 6.51. The molecule has 2 unspecified atom stereocenters. The number of piperidine rings is 1. The van der Waals surface area contributed by atoms with E-state index in [1.807, 2.05) is 22.6 Å². The van der Waals surface area contributed by atoms with Crippen molar-refractivity contribution in [1.29, 1.82) is 0 Å². The number of rotatable bonds is 2. The quantitative estimate of drug-likeness (QED) is 0.454. The number of carbonyl (C=O) groups excluding carboxylic acids is 1. The first-order valence-electron chi connectivity index (χ1n) is 10.3. The van der Waals surface area contributed by atoms with Gasteiger partial charge in [0.15, 0.2) is 5.58 Å². The highest BCUT2D eigenvalue weighted by molar-refractivity contribution is 6.00. The number of carbonyl (C=O) groups is 1. The Morgan fingerprint density at radius 3 is 2.77 bits per heavy atom. The zero-order chi connectivity index (χ0) is 20.2. The van der Waals surface area contributed by atoms with Crippen molar-refractivity contribution in [2.75, 3.05) is 0 Å². The van der Waals surface area contributed by atoms with Crippen molar-refractivity contribution in [2.24, 2.45) is 0 Å². The van der Waals surface area contributed by atoms with Crippen molar-refractivity contribution >= 4 is 28.2 Å². The fraction of sp³-hybridized carbons (Fsp3) is 0.304. The van der Waals surface area contributed by atoms with Gasteiger partial charge in [-0.1, -0.05) is 11.2 Å². The lowest BCUT2D eigenvalue weighted by molar-refractivity contribution is 0.0595. The number of pyridine rings is 1. The van der Waals surface area contributed by atoms with Crippen LogP contribution in [0.3, 0.4) is 0 Å². The van der Waals surface area contributed by atoms with Gasteiger partial charge in [-0.25, -0.2) is 9.83 Å². The highest BCUT2D eigenvalue weighted by Gasteiger charge is 2.39. The van der Waals surface area contributed by atoms with Crippen LogP contribution in [0, 0.1) is 6.57 Å². The van der Waals surface area contributed by atoms with Gasteiger partial charge < -0.3 is 13.8 Å². The molecule has 0 aliphatic carbocycles. The largest absolute Gasteiger partial charge is 0.356 e. The van der Waals surface area contributed by atoms with Gasteiger partial charge in [-0.3, -0.25) is 4.79 Å². The Morgan fingerprint density at radius 2 is 1.97 bits per heavy atom. The van der Waals surface area contributed by atoms with Gasteiger partial charge in [0.2, 0.25) is 5.69 Å². The van der Waals surface area contributed by atoms with Crippen LogP contribution in [0.4, 0.5) is 5.69 Å². The van der Waals surface area contributed by atoms with Gasteiger partial charge in [-0.05, 0) is 56.4 Å². The average molecular weight is 397 g/mol. The molecule has 2 atom stereocenters. The predicted octanol–water partition coefficient (Wildman–Crippen LogP) is 4.85. The smallest absolute Gasteiger partial charge is 0.254 e. The molecule has 3 aromatic heterocycles. The number of nitrogens with zero attached hydrogens (tertiary/aromatic N) is 5. The summed E-state index contributed by atoms with van der Waals surface area (Å²) in [6.07, 6.45) is 9.14. The molecule has 2 saturated heterocycles. The first kappa shape index (κ1) is 17.2. The molecule has 0 spiro atoms. The molecule has 30 heavy (non-hydrogen) atoms. The van der Waals surface area contributed by atoms with Crippen molar-refractivity contribution < 1.29 is 9.32 Å². The van der Waals surface area contributed by atoms with Gasteiger partial charge in [0, 0.05) is 23.8 Å². The van der Waals surface area contributed by atoms with E-state index in [9.17, 15) is 4.79 Å². The van der Waals surface area contributed by atoms with Gasteiger partial charge in [0.1, 0.15) is 11.3 Å². The number of amides is 1. The molecule has 0 saturated carbocycles. The van der Waals surface area contributed by atoms with Crippen molar-refractivity contribution in [3.8, 4) is 11.4 Å². The van der Waals surface area contributed by atoms with Crippen LogP contribution >= 0.6 is 0 Å². The summed E-state index contributed by atoms with van der Waals surface area (Å²) < 4.78 is 7.45. The topological polar surface area (TPSA) is 68.0 Å². The Hall–Kier alpha value is -3.66. The van der Waals surface area contributed by atoms with E-state index in [1.165, 1.54) is 6.42 Å². The fourth-order valence-corrected chi connectivity index (χ4v) is 5.06. The summed E-state index contributed by atoms with van der Waals surface area (Å²) in [4.78, 5) is 23.2. The lowest BCUT2D eigenvalue weighted by Crippen LogP contribution is -2.43. The molecule has 0 N–H and O–H groups in total. The van der Waals surface area contributed by atoms with Crippen molar-refractivity contribution in [1.82, 2.24) is 19.4 Å². The molecule has 7 nitrogen and oxygen atoms in total. The van der Waals surface area contributed by atoms with E-state index in [4.69, 9.17) is 11.1 Å². The van der Waals surface area contributed by atoms with E-state index in [0.29, 0.717) is 34.6 Å². The maximum absolute atomic E-state index is 13.2. The Bertz CT molecular complexity index is 1330. The molecule has 2 bridgehead atoms. The van der Waals surface area contributed by atoms with Crippen LogP contribution in [0.2, 0.25) is 0 Å². The Kier molecular flexibility index (Phi) is 3.69. The van der Waals surface area contributed by atoms with Crippen molar-refractivity contribution in [3.05, 3.63) is 59.7 Å². The molecule has 2 aliphatic heterocycles. The molecule has 148 valence electrons. The monoisotopic (exact) mass is 397 g/mol. The van der Waals surface area contributed by atoms with Crippen molar-refractivity contribution in [3.63, 3.8) is 0 Å². The van der Waals surface area contributed by atoms with Gasteiger partial charge in [0.25, 0.3) is 5.91 Å². The van der Waals surface area contributed by atoms with Gasteiger partial charge >= 0.3 is 0 Å². The molecule has 2 fully saturated rings. The molecule has 4 aromatic rings. The highest BCUT2D eigenvalue weighted by Crippen LogP contribution is 2.37. The Balaban J connectivity index is 1.40. The van der Waals surface area contributed by atoms with E-state index in [0.717, 1.165) is 42.4 Å². The lowest BCUT2D eigenvalue weighted by Gasteiger charge is -2.34. The molecule has 5 heterocycles. The molecule has 7 heteroatoms. The second-order valence-corrected chi connectivity index (χ2v) is 8.14. The first-order valence-corrected chi connectivity index (χ1v) is 10.3. The van der Waals surface area contributed by atoms with Gasteiger partial charge in [-0.15, -0.1) is 0 Å². The van der Waals surface area contributed by atoms with E-state index >= 15 is 0 Å². The Labute approximate surface area is 172 Å². The summed E-state index contributed by atoms with van der Waals surface area (Å²) in [6, 6.07) is 9.88. The van der Waals surface area contributed by atoms with E-state index in [2.05, 4.69) is 19.9 Å². The third-order valence-electron chi connectivity index (χ3n) is 6.51. The number of hydrogen-bond acceptors (Lipinski definition) is 4. The zero-order valence-corrected chi connectivity index (χ0v) is 16.3. The normalized spacial score (nSPS) is 20.7. The van der Waals surface area contributed by atoms with Gasteiger partial charge in [-0.2, -0.15) is 0 Å². The number of fused-ring (bicyclic) bond motifs is 4. The predicted molar refractivity (Wildman–Crippen MR) is 111 cm³/mol. The molecule has 6 rings (SSSR count). The summed E-state index contributed by atoms with van der Waals surface area (Å²) in [5.74, 6) is 0.0959. The average Bonchev–Trinajstić information content (AvgIpc) is 3.45. The van der Waals surface area contributed by atoms with E-state index in [-0.39, 0.29) is 5.91 Å². The molecule has 1 aromatic carbocycles. The highest BCUT2D eigenvalue weighted by atomic mass is 16.5. The molecular weight excluding hydrogens is 378 g/mol. The summed E-state index contributed by atoms with van der Waals surface area (Å²) in [7, 11) is 0. The number of aromatic nitrogens is 3. The third kappa shape index (κ3) is 2.47. The lowest BCUT2D eigenvalue weighted by atomic mass is 10.0. The van der Waals surface area contributed by atoms with Crippen LogP contribution in [-0.4, -0.2) is 37.4 Å². The van der Waals surface area contributed by atoms with E-state index in [1.54, 1.807) is 24.5 Å². The standard InChI is InChI=1S/C23H19N5O2/c1-24-15-6-10-21-25-12-19(27(21)13-15)22-18-9-5-14(11-20(18)30-26-22)23(29)28-16-3-2-4-17(28)8-7-16/h5-6,9-13,16-17H,2-4,7-8H2. The minimum atomic E-state index is 0.0959. The second kappa shape index (κ2) is 6.42. The number of imidazole rings is 1. The van der Waals surface area contributed by atoms with Crippen molar-refractivity contribution in [2.45, 2.75) is 44.2 Å². The maximum atomic E-state index is 13.2. The van der Waals surface area contributed by atoms with Crippen LogP contribution in [0.5, 0.6) is 0 Å².